The van der Waals surface area contributed by atoms with Gasteiger partial charge in [0.15, 0.2) is 4.77 Å². The average Bonchev–Trinajstić information content (AvgIpc) is 3.17. The average molecular weight is 420 g/mol. The van der Waals surface area contributed by atoms with Gasteiger partial charge < -0.3 is 9.88 Å². The molecule has 3 heterocycles. The van der Waals surface area contributed by atoms with E-state index in [1.807, 2.05) is 16.3 Å². The van der Waals surface area contributed by atoms with E-state index >= 15 is 0 Å². The molecule has 1 aliphatic carbocycles. The molecule has 0 aromatic carbocycles. The zero-order valence-corrected chi connectivity index (χ0v) is 17.0. The van der Waals surface area contributed by atoms with E-state index in [0.717, 1.165) is 24.8 Å². The minimum atomic E-state index is -0.981. The normalized spacial score (nSPS) is 20.5. The number of hydrogen-bond donors (Lipinski definition) is 1. The van der Waals surface area contributed by atoms with Crippen molar-refractivity contribution in [1.82, 2.24) is 14.5 Å². The molecule has 0 saturated carbocycles. The Kier molecular flexibility index (Phi) is 5.59. The van der Waals surface area contributed by atoms with E-state index in [1.54, 1.807) is 16.7 Å². The van der Waals surface area contributed by atoms with Crippen LogP contribution in [0, 0.1) is 10.7 Å². The largest absolute Gasteiger partial charge is 0.339 e. The number of H-pyrrole nitrogens is 1. The quantitative estimate of drug-likeness (QED) is 0.763. The molecule has 0 radical (unpaired) electrons. The SMILES string of the molecule is O=C(C1=CCC(F)C=C1)N1CCC(CCn2c(=S)[nH]c3ccsc3c2=O)CC1. The molecule has 1 saturated heterocycles. The number of nitrogens with one attached hydrogen (secondary N) is 1. The van der Waals surface area contributed by atoms with Gasteiger partial charge in [0.25, 0.3) is 11.5 Å². The molecule has 148 valence electrons. The fourth-order valence-corrected chi connectivity index (χ4v) is 4.93. The molecule has 0 bridgehead atoms. The van der Waals surface area contributed by atoms with Crippen LogP contribution in [-0.2, 0) is 11.3 Å². The Hall–Kier alpha value is -2.06. The highest BCUT2D eigenvalue weighted by Gasteiger charge is 2.25. The first-order valence-electron chi connectivity index (χ1n) is 9.55. The van der Waals surface area contributed by atoms with Crippen molar-refractivity contribution >= 4 is 39.7 Å². The second-order valence-corrected chi connectivity index (χ2v) is 8.65. The van der Waals surface area contributed by atoms with Gasteiger partial charge in [0.05, 0.1) is 5.52 Å². The summed E-state index contributed by atoms with van der Waals surface area (Å²) >= 11 is 6.78. The van der Waals surface area contributed by atoms with Gasteiger partial charge in [-0.1, -0.05) is 12.2 Å². The van der Waals surface area contributed by atoms with Gasteiger partial charge in [-0.3, -0.25) is 14.2 Å². The van der Waals surface area contributed by atoms with Crippen LogP contribution in [0.4, 0.5) is 4.39 Å². The molecule has 28 heavy (non-hydrogen) atoms. The highest BCUT2D eigenvalue weighted by molar-refractivity contribution is 7.71. The van der Waals surface area contributed by atoms with Gasteiger partial charge in [-0.2, -0.15) is 0 Å². The van der Waals surface area contributed by atoms with Crippen LogP contribution in [0.1, 0.15) is 25.7 Å². The molecule has 1 aliphatic heterocycles. The van der Waals surface area contributed by atoms with Crippen molar-refractivity contribution in [2.24, 2.45) is 5.92 Å². The number of rotatable bonds is 4. The fraction of sp³-hybridized carbons (Fsp3) is 0.450. The standard InChI is InChI=1S/C20H22FN3O2S2/c21-15-3-1-14(2-4-15)18(25)23-9-5-13(6-10-23)7-11-24-19(26)17-16(8-12-28-17)22-20(24)27/h1-3,8,12-13,15H,4-7,9-11H2,(H,22,27). The Bertz CT molecular complexity index is 1060. The number of allylic oxidation sites excluding steroid dienone is 2. The predicted octanol–water partition coefficient (Wildman–Crippen LogP) is 3.97. The molecule has 8 heteroatoms. The molecule has 0 spiro atoms. The Balaban J connectivity index is 1.34. The Morgan fingerprint density at radius 3 is 2.86 bits per heavy atom. The van der Waals surface area contributed by atoms with E-state index in [0.29, 0.717) is 40.6 Å². The predicted molar refractivity (Wildman–Crippen MR) is 112 cm³/mol. The van der Waals surface area contributed by atoms with Crippen molar-refractivity contribution in [2.45, 2.75) is 38.4 Å². The lowest BCUT2D eigenvalue weighted by Crippen LogP contribution is -2.39. The van der Waals surface area contributed by atoms with E-state index in [1.165, 1.54) is 17.4 Å². The van der Waals surface area contributed by atoms with Crippen LogP contribution in [0.25, 0.3) is 10.2 Å². The van der Waals surface area contributed by atoms with Crippen LogP contribution in [0.5, 0.6) is 0 Å². The van der Waals surface area contributed by atoms with Gasteiger partial charge in [-0.15, -0.1) is 11.3 Å². The molecule has 5 nitrogen and oxygen atoms in total. The number of fused-ring (bicyclic) bond motifs is 1. The molecule has 1 amide bonds. The maximum absolute atomic E-state index is 13.2. The first-order chi connectivity index (χ1) is 13.5. The fourth-order valence-electron chi connectivity index (χ4n) is 3.85. The highest BCUT2D eigenvalue weighted by Crippen LogP contribution is 2.24. The maximum atomic E-state index is 13.2. The first-order valence-corrected chi connectivity index (χ1v) is 10.8. The van der Waals surface area contributed by atoms with Crippen LogP contribution < -0.4 is 5.56 Å². The number of carbonyl (C=O) groups excluding carboxylic acids is 1. The molecule has 2 aromatic rings. The monoisotopic (exact) mass is 419 g/mol. The third kappa shape index (κ3) is 3.89. The maximum Gasteiger partial charge on any atom is 0.272 e. The first kappa shape index (κ1) is 19.3. The number of aromatic amines is 1. The number of thiophene rings is 1. The number of halogens is 1. The van der Waals surface area contributed by atoms with Crippen molar-refractivity contribution in [3.05, 3.63) is 50.4 Å². The molecule has 2 aliphatic rings. The summed E-state index contributed by atoms with van der Waals surface area (Å²) in [6.07, 6.45) is 6.70. The van der Waals surface area contributed by atoms with Gasteiger partial charge in [0.2, 0.25) is 0 Å². The Morgan fingerprint density at radius 2 is 2.14 bits per heavy atom. The number of hydrogen-bond acceptors (Lipinski definition) is 4. The van der Waals surface area contributed by atoms with Gasteiger partial charge >= 0.3 is 0 Å². The van der Waals surface area contributed by atoms with Gasteiger partial charge in [-0.05, 0) is 54.9 Å². The van der Waals surface area contributed by atoms with Crippen LogP contribution in [0.3, 0.4) is 0 Å². The summed E-state index contributed by atoms with van der Waals surface area (Å²) in [5.41, 5.74) is 1.37. The van der Waals surface area contributed by atoms with Crippen LogP contribution in [0.15, 0.2) is 40.0 Å². The summed E-state index contributed by atoms with van der Waals surface area (Å²) in [5, 5.41) is 1.89. The smallest absolute Gasteiger partial charge is 0.272 e. The second kappa shape index (κ2) is 8.13. The molecule has 4 rings (SSSR count). The van der Waals surface area contributed by atoms with E-state index in [4.69, 9.17) is 12.2 Å². The van der Waals surface area contributed by atoms with Crippen LogP contribution in [-0.4, -0.2) is 39.6 Å². The number of likely N-dealkylation sites (tertiary alicyclic amines) is 1. The van der Waals surface area contributed by atoms with Gasteiger partial charge in [0, 0.05) is 31.6 Å². The van der Waals surface area contributed by atoms with Crippen molar-refractivity contribution in [3.8, 4) is 0 Å². The Labute approximate surface area is 171 Å². The topological polar surface area (TPSA) is 58.1 Å². The highest BCUT2D eigenvalue weighted by atomic mass is 32.1. The van der Waals surface area contributed by atoms with E-state index in [-0.39, 0.29) is 17.9 Å². The molecule has 1 atom stereocenters. The van der Waals surface area contributed by atoms with Crippen LogP contribution >= 0.6 is 23.6 Å². The lowest BCUT2D eigenvalue weighted by Gasteiger charge is -2.32. The van der Waals surface area contributed by atoms with E-state index in [2.05, 4.69) is 4.98 Å². The van der Waals surface area contributed by atoms with Crippen molar-refractivity contribution in [3.63, 3.8) is 0 Å². The van der Waals surface area contributed by atoms with E-state index in [9.17, 15) is 14.0 Å². The molecular weight excluding hydrogens is 397 g/mol. The van der Waals surface area contributed by atoms with Crippen LogP contribution in [0.2, 0.25) is 0 Å². The van der Waals surface area contributed by atoms with E-state index < -0.39 is 6.17 Å². The summed E-state index contributed by atoms with van der Waals surface area (Å²) in [4.78, 5) is 30.1. The van der Waals surface area contributed by atoms with Crippen molar-refractivity contribution < 1.29 is 9.18 Å². The number of nitrogens with zero attached hydrogens (tertiary/aromatic N) is 2. The zero-order valence-electron chi connectivity index (χ0n) is 15.4. The van der Waals surface area contributed by atoms with Crippen molar-refractivity contribution in [2.75, 3.05) is 13.1 Å². The summed E-state index contributed by atoms with van der Waals surface area (Å²) in [6, 6.07) is 1.87. The number of aromatic nitrogens is 2. The molecular formula is C20H22FN3O2S2. The minimum absolute atomic E-state index is 0.0107. The van der Waals surface area contributed by atoms with Gasteiger partial charge in [-0.25, -0.2) is 4.39 Å². The third-order valence-electron chi connectivity index (χ3n) is 5.55. The summed E-state index contributed by atoms with van der Waals surface area (Å²) < 4.78 is 16.0. The molecule has 1 N–H and O–H groups in total. The number of piperidine rings is 1. The summed E-state index contributed by atoms with van der Waals surface area (Å²) in [5.74, 6) is 0.443. The number of carbonyl (C=O) groups is 1. The summed E-state index contributed by atoms with van der Waals surface area (Å²) in [7, 11) is 0. The summed E-state index contributed by atoms with van der Waals surface area (Å²) in [6.45, 7) is 1.98. The lowest BCUT2D eigenvalue weighted by molar-refractivity contribution is -0.128. The Morgan fingerprint density at radius 1 is 1.36 bits per heavy atom. The van der Waals surface area contributed by atoms with Crippen molar-refractivity contribution in [1.29, 1.82) is 0 Å². The third-order valence-corrected chi connectivity index (χ3v) is 6.77. The minimum Gasteiger partial charge on any atom is -0.339 e. The number of amides is 1. The molecule has 1 unspecified atom stereocenters. The number of alkyl halides is 1. The second-order valence-electron chi connectivity index (χ2n) is 7.34. The van der Waals surface area contributed by atoms with Gasteiger partial charge in [0.1, 0.15) is 10.9 Å². The zero-order chi connectivity index (χ0) is 19.7. The molecule has 2 aromatic heterocycles. The lowest BCUT2D eigenvalue weighted by atomic mass is 9.92. The molecule has 1 fully saturated rings.